The van der Waals surface area contributed by atoms with E-state index in [9.17, 15) is 4.79 Å². The van der Waals surface area contributed by atoms with Crippen molar-refractivity contribution in [2.45, 2.75) is 19.8 Å². The number of hydrogen-bond donors (Lipinski definition) is 1. The van der Waals surface area contributed by atoms with Crippen LogP contribution < -0.4 is 10.1 Å². The molecule has 2 aromatic carbocycles. The van der Waals surface area contributed by atoms with E-state index in [-0.39, 0.29) is 5.91 Å². The lowest BCUT2D eigenvalue weighted by molar-refractivity contribution is 0.102. The SMILES string of the molecule is CCCCOc1ccc(NC(=O)c2cccc(Cl)c2)cc1. The third-order valence-corrected chi connectivity index (χ3v) is 3.20. The summed E-state index contributed by atoms with van der Waals surface area (Å²) >= 11 is 5.88. The van der Waals surface area contributed by atoms with Gasteiger partial charge >= 0.3 is 0 Å². The Morgan fingerprint density at radius 1 is 1.19 bits per heavy atom. The molecule has 0 saturated carbocycles. The smallest absolute Gasteiger partial charge is 0.255 e. The molecule has 0 fully saturated rings. The van der Waals surface area contributed by atoms with Crippen LogP contribution in [0.1, 0.15) is 30.1 Å². The largest absolute Gasteiger partial charge is 0.494 e. The molecule has 0 spiro atoms. The Kier molecular flexibility index (Phi) is 5.64. The highest BCUT2D eigenvalue weighted by Crippen LogP contribution is 2.17. The summed E-state index contributed by atoms with van der Waals surface area (Å²) in [6.45, 7) is 2.84. The number of ether oxygens (including phenoxy) is 1. The van der Waals surface area contributed by atoms with Gasteiger partial charge in [-0.05, 0) is 48.9 Å². The number of benzene rings is 2. The second-order valence-electron chi connectivity index (χ2n) is 4.69. The van der Waals surface area contributed by atoms with Crippen LogP contribution in [0.15, 0.2) is 48.5 Å². The summed E-state index contributed by atoms with van der Waals surface area (Å²) in [5.41, 5.74) is 1.26. The normalized spacial score (nSPS) is 10.2. The minimum atomic E-state index is -0.183. The minimum absolute atomic E-state index is 0.183. The van der Waals surface area contributed by atoms with Crippen molar-refractivity contribution in [3.05, 3.63) is 59.1 Å². The third kappa shape index (κ3) is 4.80. The van der Waals surface area contributed by atoms with Crippen LogP contribution in [0.2, 0.25) is 5.02 Å². The van der Waals surface area contributed by atoms with Gasteiger partial charge in [0.15, 0.2) is 0 Å². The Morgan fingerprint density at radius 2 is 1.95 bits per heavy atom. The standard InChI is InChI=1S/C17H18ClNO2/c1-2-3-11-21-16-9-7-15(8-10-16)19-17(20)13-5-4-6-14(18)12-13/h4-10,12H,2-3,11H2,1H3,(H,19,20). The van der Waals surface area contributed by atoms with Crippen molar-refractivity contribution in [3.63, 3.8) is 0 Å². The molecule has 0 aromatic heterocycles. The first-order chi connectivity index (χ1) is 10.2. The minimum Gasteiger partial charge on any atom is -0.494 e. The zero-order valence-corrected chi connectivity index (χ0v) is 12.7. The van der Waals surface area contributed by atoms with Gasteiger partial charge in [0.2, 0.25) is 0 Å². The number of nitrogens with one attached hydrogen (secondary N) is 1. The number of carbonyl (C=O) groups excluding carboxylic acids is 1. The molecule has 0 saturated heterocycles. The summed E-state index contributed by atoms with van der Waals surface area (Å²) in [6, 6.07) is 14.2. The van der Waals surface area contributed by atoms with Crippen LogP contribution in [0.5, 0.6) is 5.75 Å². The van der Waals surface area contributed by atoms with E-state index >= 15 is 0 Å². The number of unbranched alkanes of at least 4 members (excludes halogenated alkanes) is 1. The van der Waals surface area contributed by atoms with E-state index in [4.69, 9.17) is 16.3 Å². The molecule has 3 nitrogen and oxygen atoms in total. The lowest BCUT2D eigenvalue weighted by Gasteiger charge is -2.08. The zero-order valence-electron chi connectivity index (χ0n) is 11.9. The Hall–Kier alpha value is -2.00. The fraction of sp³-hybridized carbons (Fsp3) is 0.235. The molecule has 0 bridgehead atoms. The van der Waals surface area contributed by atoms with Gasteiger partial charge in [0.25, 0.3) is 5.91 Å². The number of amides is 1. The van der Waals surface area contributed by atoms with Gasteiger partial charge in [-0.25, -0.2) is 0 Å². The molecule has 2 rings (SSSR count). The maximum atomic E-state index is 12.1. The molecule has 1 N–H and O–H groups in total. The van der Waals surface area contributed by atoms with Gasteiger partial charge in [0.05, 0.1) is 6.61 Å². The molecule has 21 heavy (non-hydrogen) atoms. The van der Waals surface area contributed by atoms with E-state index < -0.39 is 0 Å². The molecule has 0 unspecified atom stereocenters. The van der Waals surface area contributed by atoms with Gasteiger partial charge in [0.1, 0.15) is 5.75 Å². The molecule has 110 valence electrons. The van der Waals surface area contributed by atoms with Crippen LogP contribution in [-0.4, -0.2) is 12.5 Å². The maximum Gasteiger partial charge on any atom is 0.255 e. The molecule has 0 aliphatic carbocycles. The van der Waals surface area contributed by atoms with Crippen LogP contribution in [0.4, 0.5) is 5.69 Å². The molecule has 1 amide bonds. The Labute approximate surface area is 129 Å². The second kappa shape index (κ2) is 7.70. The third-order valence-electron chi connectivity index (χ3n) is 2.97. The van der Waals surface area contributed by atoms with E-state index in [2.05, 4.69) is 12.2 Å². The van der Waals surface area contributed by atoms with Gasteiger partial charge < -0.3 is 10.1 Å². The van der Waals surface area contributed by atoms with Gasteiger partial charge in [-0.2, -0.15) is 0 Å². The topological polar surface area (TPSA) is 38.3 Å². The van der Waals surface area contributed by atoms with Gasteiger partial charge in [-0.1, -0.05) is 31.0 Å². The van der Waals surface area contributed by atoms with E-state index in [0.717, 1.165) is 24.3 Å². The molecule has 0 aliphatic heterocycles. The number of rotatable bonds is 6. The summed E-state index contributed by atoms with van der Waals surface area (Å²) < 4.78 is 5.58. The summed E-state index contributed by atoms with van der Waals surface area (Å²) in [6.07, 6.45) is 2.14. The van der Waals surface area contributed by atoms with Crippen LogP contribution in [0, 0.1) is 0 Å². The Bertz CT molecular complexity index is 596. The summed E-state index contributed by atoms with van der Waals surface area (Å²) in [5, 5.41) is 3.37. The van der Waals surface area contributed by atoms with Gasteiger partial charge in [-0.15, -0.1) is 0 Å². The lowest BCUT2D eigenvalue weighted by Crippen LogP contribution is -2.11. The fourth-order valence-electron chi connectivity index (χ4n) is 1.80. The first kappa shape index (κ1) is 15.4. The highest BCUT2D eigenvalue weighted by Gasteiger charge is 2.06. The number of anilines is 1. The molecule has 0 radical (unpaired) electrons. The van der Waals surface area contributed by atoms with E-state index in [1.165, 1.54) is 0 Å². The van der Waals surface area contributed by atoms with E-state index in [1.54, 1.807) is 24.3 Å². The lowest BCUT2D eigenvalue weighted by atomic mass is 10.2. The highest BCUT2D eigenvalue weighted by molar-refractivity contribution is 6.31. The van der Waals surface area contributed by atoms with Crippen molar-refractivity contribution in [2.75, 3.05) is 11.9 Å². The Morgan fingerprint density at radius 3 is 2.62 bits per heavy atom. The van der Waals surface area contributed by atoms with Crippen LogP contribution in [0.25, 0.3) is 0 Å². The number of halogens is 1. The first-order valence-corrected chi connectivity index (χ1v) is 7.36. The molecule has 2 aromatic rings. The first-order valence-electron chi connectivity index (χ1n) is 6.99. The quantitative estimate of drug-likeness (QED) is 0.781. The van der Waals surface area contributed by atoms with Crippen molar-refractivity contribution < 1.29 is 9.53 Å². The van der Waals surface area contributed by atoms with Gasteiger partial charge in [0, 0.05) is 16.3 Å². The van der Waals surface area contributed by atoms with Crippen LogP contribution in [0.3, 0.4) is 0 Å². The molecular weight excluding hydrogens is 286 g/mol. The maximum absolute atomic E-state index is 12.1. The molecule has 0 atom stereocenters. The molecule has 0 heterocycles. The summed E-state index contributed by atoms with van der Waals surface area (Å²) in [5.74, 6) is 0.626. The Balaban J connectivity index is 1.95. The molecule has 4 heteroatoms. The molecular formula is C17H18ClNO2. The van der Waals surface area contributed by atoms with Crippen molar-refractivity contribution in [1.29, 1.82) is 0 Å². The van der Waals surface area contributed by atoms with Crippen molar-refractivity contribution in [2.24, 2.45) is 0 Å². The highest BCUT2D eigenvalue weighted by atomic mass is 35.5. The average molecular weight is 304 g/mol. The summed E-state index contributed by atoms with van der Waals surface area (Å²) in [7, 11) is 0. The second-order valence-corrected chi connectivity index (χ2v) is 5.13. The van der Waals surface area contributed by atoms with Crippen molar-refractivity contribution in [3.8, 4) is 5.75 Å². The van der Waals surface area contributed by atoms with Crippen molar-refractivity contribution >= 4 is 23.2 Å². The predicted octanol–water partition coefficient (Wildman–Crippen LogP) is 4.77. The van der Waals surface area contributed by atoms with Crippen LogP contribution >= 0.6 is 11.6 Å². The fourth-order valence-corrected chi connectivity index (χ4v) is 1.99. The van der Waals surface area contributed by atoms with E-state index in [1.807, 2.05) is 24.3 Å². The predicted molar refractivity (Wildman–Crippen MR) is 86.3 cm³/mol. The van der Waals surface area contributed by atoms with Crippen molar-refractivity contribution in [1.82, 2.24) is 0 Å². The van der Waals surface area contributed by atoms with Gasteiger partial charge in [-0.3, -0.25) is 4.79 Å². The van der Waals surface area contributed by atoms with Crippen LogP contribution in [-0.2, 0) is 0 Å². The monoisotopic (exact) mass is 303 g/mol. The zero-order chi connectivity index (χ0) is 15.1. The number of hydrogen-bond acceptors (Lipinski definition) is 2. The summed E-state index contributed by atoms with van der Waals surface area (Å²) in [4.78, 5) is 12.1. The molecule has 0 aliphatic rings. The average Bonchev–Trinajstić information content (AvgIpc) is 2.49. The number of carbonyl (C=O) groups is 1. The van der Waals surface area contributed by atoms with E-state index in [0.29, 0.717) is 17.2 Å².